The first-order chi connectivity index (χ1) is 7.25. The molecule has 0 bridgehead atoms. The quantitative estimate of drug-likeness (QED) is 0.791. The molecular weight excluding hydrogens is 210 g/mol. The lowest BCUT2D eigenvalue weighted by molar-refractivity contribution is -0.116. The molecule has 1 aliphatic rings. The van der Waals surface area contributed by atoms with Gasteiger partial charge in [0.2, 0.25) is 0 Å². The molecule has 0 aromatic carbocycles. The van der Waals surface area contributed by atoms with Crippen LogP contribution in [0.2, 0.25) is 0 Å². The summed E-state index contributed by atoms with van der Waals surface area (Å²) in [4.78, 5) is 15.5. The predicted octanol–water partition coefficient (Wildman–Crippen LogP) is 2.17. The Labute approximate surface area is 93.5 Å². The highest BCUT2D eigenvalue weighted by Gasteiger charge is 2.19. The van der Waals surface area contributed by atoms with Crippen LogP contribution < -0.4 is 0 Å². The van der Waals surface area contributed by atoms with Crippen LogP contribution in [0.1, 0.15) is 36.4 Å². The lowest BCUT2D eigenvalue weighted by Crippen LogP contribution is -2.14. The molecule has 82 valence electrons. The first-order valence-electron chi connectivity index (χ1n) is 5.27. The fraction of sp³-hybridized carbons (Fsp3) is 0.636. The number of hydrogen-bond acceptors (Lipinski definition) is 4. The highest BCUT2D eigenvalue weighted by molar-refractivity contribution is 7.09. The van der Waals surface area contributed by atoms with Gasteiger partial charge in [0.15, 0.2) is 0 Å². The van der Waals surface area contributed by atoms with Gasteiger partial charge >= 0.3 is 0 Å². The fourth-order valence-corrected chi connectivity index (χ4v) is 2.78. The molecule has 1 saturated heterocycles. The normalized spacial score (nSPS) is 17.9. The second-order valence-electron chi connectivity index (χ2n) is 3.94. The van der Waals surface area contributed by atoms with Crippen LogP contribution in [0, 0.1) is 0 Å². The van der Waals surface area contributed by atoms with Crippen molar-refractivity contribution in [2.75, 3.05) is 13.2 Å². The third kappa shape index (κ3) is 2.86. The summed E-state index contributed by atoms with van der Waals surface area (Å²) in [5, 5.41) is 3.18. The van der Waals surface area contributed by atoms with Crippen molar-refractivity contribution in [2.24, 2.45) is 0 Å². The highest BCUT2D eigenvalue weighted by Crippen LogP contribution is 2.29. The SMILES string of the molecule is CC(=O)Cc1csc(C2CCOCC2)n1. The van der Waals surface area contributed by atoms with E-state index in [0.717, 1.165) is 31.7 Å². The molecule has 0 spiro atoms. The van der Waals surface area contributed by atoms with Crippen molar-refractivity contribution in [3.63, 3.8) is 0 Å². The van der Waals surface area contributed by atoms with Gasteiger partial charge in [0, 0.05) is 30.9 Å². The summed E-state index contributed by atoms with van der Waals surface area (Å²) in [7, 11) is 0. The number of carbonyl (C=O) groups excluding carboxylic acids is 1. The Morgan fingerprint density at radius 2 is 2.33 bits per heavy atom. The molecule has 0 N–H and O–H groups in total. The van der Waals surface area contributed by atoms with Gasteiger partial charge in [-0.05, 0) is 19.8 Å². The van der Waals surface area contributed by atoms with Crippen LogP contribution >= 0.6 is 11.3 Å². The van der Waals surface area contributed by atoms with Gasteiger partial charge < -0.3 is 4.74 Å². The summed E-state index contributed by atoms with van der Waals surface area (Å²) in [5.41, 5.74) is 0.925. The minimum atomic E-state index is 0.179. The van der Waals surface area contributed by atoms with E-state index in [1.54, 1.807) is 18.3 Å². The van der Waals surface area contributed by atoms with Crippen molar-refractivity contribution >= 4 is 17.1 Å². The molecule has 2 heterocycles. The summed E-state index contributed by atoms with van der Waals surface area (Å²) >= 11 is 1.68. The number of rotatable bonds is 3. The number of thiazole rings is 1. The van der Waals surface area contributed by atoms with Crippen LogP contribution in [0.15, 0.2) is 5.38 Å². The molecule has 3 nitrogen and oxygen atoms in total. The maximum atomic E-state index is 10.9. The smallest absolute Gasteiger partial charge is 0.135 e. The van der Waals surface area contributed by atoms with Crippen LogP contribution in [-0.4, -0.2) is 24.0 Å². The van der Waals surface area contributed by atoms with Gasteiger partial charge in [-0.15, -0.1) is 11.3 Å². The second kappa shape index (κ2) is 4.86. The molecular formula is C11H15NO2S. The summed E-state index contributed by atoms with van der Waals surface area (Å²) in [6, 6.07) is 0. The Kier molecular flexibility index (Phi) is 3.49. The molecule has 0 atom stereocenters. The number of aromatic nitrogens is 1. The zero-order valence-corrected chi connectivity index (χ0v) is 9.68. The molecule has 1 aromatic rings. The van der Waals surface area contributed by atoms with E-state index in [1.807, 2.05) is 5.38 Å². The van der Waals surface area contributed by atoms with Crippen molar-refractivity contribution in [3.05, 3.63) is 16.1 Å². The maximum absolute atomic E-state index is 10.9. The van der Waals surface area contributed by atoms with Crippen molar-refractivity contribution < 1.29 is 9.53 Å². The number of ether oxygens (including phenoxy) is 1. The van der Waals surface area contributed by atoms with Gasteiger partial charge in [-0.3, -0.25) is 4.79 Å². The highest BCUT2D eigenvalue weighted by atomic mass is 32.1. The monoisotopic (exact) mass is 225 g/mol. The Morgan fingerprint density at radius 1 is 1.60 bits per heavy atom. The number of ketones is 1. The zero-order valence-electron chi connectivity index (χ0n) is 8.86. The first-order valence-corrected chi connectivity index (χ1v) is 6.15. The van der Waals surface area contributed by atoms with E-state index in [2.05, 4.69) is 4.98 Å². The van der Waals surface area contributed by atoms with Crippen LogP contribution in [0.3, 0.4) is 0 Å². The van der Waals surface area contributed by atoms with Gasteiger partial charge in [0.1, 0.15) is 5.78 Å². The van der Waals surface area contributed by atoms with E-state index in [4.69, 9.17) is 4.74 Å². The molecule has 15 heavy (non-hydrogen) atoms. The van der Waals surface area contributed by atoms with Gasteiger partial charge in [-0.2, -0.15) is 0 Å². The van der Waals surface area contributed by atoms with Crippen molar-refractivity contribution in [1.82, 2.24) is 4.98 Å². The Morgan fingerprint density at radius 3 is 3.00 bits per heavy atom. The summed E-state index contributed by atoms with van der Waals surface area (Å²) in [6.45, 7) is 3.28. The minimum Gasteiger partial charge on any atom is -0.381 e. The molecule has 2 rings (SSSR count). The summed E-state index contributed by atoms with van der Waals surface area (Å²) < 4.78 is 5.32. The Bertz CT molecular complexity index is 342. The third-order valence-corrected chi connectivity index (χ3v) is 3.63. The summed E-state index contributed by atoms with van der Waals surface area (Å²) in [5.74, 6) is 0.725. The van der Waals surface area contributed by atoms with Gasteiger partial charge in [0.25, 0.3) is 0 Å². The molecule has 0 unspecified atom stereocenters. The van der Waals surface area contributed by atoms with Crippen molar-refractivity contribution in [1.29, 1.82) is 0 Å². The molecule has 0 radical (unpaired) electrons. The van der Waals surface area contributed by atoms with Crippen LogP contribution in [0.5, 0.6) is 0 Å². The Hall–Kier alpha value is -0.740. The number of Topliss-reactive ketones (excluding diaryl/α,β-unsaturated/α-hetero) is 1. The lowest BCUT2D eigenvalue weighted by Gasteiger charge is -2.19. The largest absolute Gasteiger partial charge is 0.381 e. The van der Waals surface area contributed by atoms with E-state index in [-0.39, 0.29) is 5.78 Å². The molecule has 0 saturated carbocycles. The van der Waals surface area contributed by atoms with E-state index in [1.165, 1.54) is 5.01 Å². The average molecular weight is 225 g/mol. The number of carbonyl (C=O) groups is 1. The van der Waals surface area contributed by atoms with E-state index >= 15 is 0 Å². The van der Waals surface area contributed by atoms with E-state index < -0.39 is 0 Å². The molecule has 4 heteroatoms. The lowest BCUT2D eigenvalue weighted by atomic mass is 10.0. The average Bonchev–Trinajstić information content (AvgIpc) is 2.67. The molecule has 1 aromatic heterocycles. The topological polar surface area (TPSA) is 39.2 Å². The zero-order chi connectivity index (χ0) is 10.7. The summed E-state index contributed by atoms with van der Waals surface area (Å²) in [6.07, 6.45) is 2.60. The van der Waals surface area contributed by atoms with E-state index in [0.29, 0.717) is 12.3 Å². The number of hydrogen-bond donors (Lipinski definition) is 0. The van der Waals surface area contributed by atoms with Crippen molar-refractivity contribution in [3.8, 4) is 0 Å². The van der Waals surface area contributed by atoms with Gasteiger partial charge in [0.05, 0.1) is 10.7 Å². The number of nitrogens with zero attached hydrogens (tertiary/aromatic N) is 1. The minimum absolute atomic E-state index is 0.179. The van der Waals surface area contributed by atoms with Crippen LogP contribution in [0.25, 0.3) is 0 Å². The first kappa shape index (κ1) is 10.8. The van der Waals surface area contributed by atoms with E-state index in [9.17, 15) is 4.79 Å². The predicted molar refractivity (Wildman–Crippen MR) is 59.3 cm³/mol. The third-order valence-electron chi connectivity index (χ3n) is 2.57. The van der Waals surface area contributed by atoms with Gasteiger partial charge in [-0.1, -0.05) is 0 Å². The Balaban J connectivity index is 2.02. The molecule has 0 aliphatic carbocycles. The van der Waals surface area contributed by atoms with Crippen molar-refractivity contribution in [2.45, 2.75) is 32.1 Å². The fourth-order valence-electron chi connectivity index (χ4n) is 1.79. The standard InChI is InChI=1S/C11H15NO2S/c1-8(13)6-10-7-15-11(12-10)9-2-4-14-5-3-9/h7,9H,2-6H2,1H3. The van der Waals surface area contributed by atoms with Crippen LogP contribution in [-0.2, 0) is 16.0 Å². The molecule has 0 amide bonds. The van der Waals surface area contributed by atoms with Crippen LogP contribution in [0.4, 0.5) is 0 Å². The molecule has 1 aliphatic heterocycles. The maximum Gasteiger partial charge on any atom is 0.135 e. The van der Waals surface area contributed by atoms with Gasteiger partial charge in [-0.25, -0.2) is 4.98 Å². The second-order valence-corrected chi connectivity index (χ2v) is 4.83. The molecule has 1 fully saturated rings.